The van der Waals surface area contributed by atoms with Crippen LogP contribution in [-0.2, 0) is 14.4 Å². The van der Waals surface area contributed by atoms with Gasteiger partial charge in [-0.15, -0.1) is 11.8 Å². The molecule has 0 saturated heterocycles. The van der Waals surface area contributed by atoms with Crippen LogP contribution in [0, 0.1) is 6.92 Å². The number of aryl methyl sites for hydroxylation is 1. The van der Waals surface area contributed by atoms with Crippen molar-refractivity contribution in [2.75, 3.05) is 37.1 Å². The maximum Gasteiger partial charge on any atom is 0.259 e. The lowest BCUT2D eigenvalue weighted by molar-refractivity contribution is -0.130. The number of anilines is 2. The topological polar surface area (TPSA) is 114 Å². The number of nitrogens with zero attached hydrogens (tertiary/aromatic N) is 2. The molecule has 0 aliphatic rings. The minimum atomic E-state index is -0.442. The molecule has 0 radical (unpaired) electrons. The van der Waals surface area contributed by atoms with Crippen LogP contribution >= 0.6 is 11.8 Å². The first-order chi connectivity index (χ1) is 13.7. The second kappa shape index (κ2) is 10.5. The van der Waals surface area contributed by atoms with Gasteiger partial charge in [-0.25, -0.2) is 0 Å². The first-order valence-electron chi connectivity index (χ1n) is 8.83. The van der Waals surface area contributed by atoms with Gasteiger partial charge in [0, 0.05) is 25.8 Å². The predicted octanol–water partition coefficient (Wildman–Crippen LogP) is 2.15. The summed E-state index contributed by atoms with van der Waals surface area (Å²) in [6.07, 6.45) is 0. The lowest BCUT2D eigenvalue weighted by Gasteiger charge is -2.12. The molecule has 1 unspecified atom stereocenters. The van der Waals surface area contributed by atoms with Crippen molar-refractivity contribution < 1.29 is 23.6 Å². The highest BCUT2D eigenvalue weighted by Gasteiger charge is 2.17. The maximum atomic E-state index is 12.1. The fraction of sp³-hybridized carbons (Fsp3) is 0.368. The Bertz CT molecular complexity index is 851. The Morgan fingerprint density at radius 1 is 1.21 bits per heavy atom. The van der Waals surface area contributed by atoms with E-state index in [1.807, 2.05) is 0 Å². The third-order valence-electron chi connectivity index (χ3n) is 3.71. The molecule has 0 saturated carbocycles. The minimum Gasteiger partial charge on any atom is -0.484 e. The van der Waals surface area contributed by atoms with Gasteiger partial charge in [-0.3, -0.25) is 14.4 Å². The van der Waals surface area contributed by atoms with Crippen molar-refractivity contribution in [2.45, 2.75) is 19.1 Å². The number of thioether (sulfide) groups is 1. The predicted molar refractivity (Wildman–Crippen MR) is 111 cm³/mol. The molecule has 29 heavy (non-hydrogen) atoms. The largest absolute Gasteiger partial charge is 0.484 e. The van der Waals surface area contributed by atoms with E-state index < -0.39 is 5.25 Å². The monoisotopic (exact) mass is 420 g/mol. The van der Waals surface area contributed by atoms with Crippen LogP contribution in [0.5, 0.6) is 5.75 Å². The highest BCUT2D eigenvalue weighted by molar-refractivity contribution is 8.01. The maximum absolute atomic E-state index is 12.1. The molecule has 2 N–H and O–H groups in total. The molecule has 10 heteroatoms. The van der Waals surface area contributed by atoms with Crippen molar-refractivity contribution in [1.82, 2.24) is 10.1 Å². The van der Waals surface area contributed by atoms with Crippen molar-refractivity contribution in [3.8, 4) is 5.75 Å². The van der Waals surface area contributed by atoms with Crippen molar-refractivity contribution in [2.24, 2.45) is 0 Å². The molecule has 1 heterocycles. The standard InChI is InChI=1S/C19H24N4O5S/c1-12-9-16(22-28-12)21-19(26)13(2)29-11-17(24)20-14-5-7-15(8-6-14)27-10-18(25)23(3)4/h5-9,13H,10-11H2,1-4H3,(H,20,24)(H,21,22,26). The average molecular weight is 420 g/mol. The molecule has 156 valence electrons. The fourth-order valence-electron chi connectivity index (χ4n) is 2.04. The number of carbonyl (C=O) groups is 3. The Balaban J connectivity index is 1.74. The molecule has 0 spiro atoms. The van der Waals surface area contributed by atoms with Gasteiger partial charge in [0.2, 0.25) is 11.8 Å². The van der Waals surface area contributed by atoms with Crippen molar-refractivity contribution in [1.29, 1.82) is 0 Å². The van der Waals surface area contributed by atoms with Crippen LogP contribution in [0.25, 0.3) is 0 Å². The van der Waals surface area contributed by atoms with Gasteiger partial charge in [0.25, 0.3) is 5.91 Å². The highest BCUT2D eigenvalue weighted by atomic mass is 32.2. The van der Waals surface area contributed by atoms with E-state index in [0.29, 0.717) is 23.0 Å². The van der Waals surface area contributed by atoms with E-state index in [0.717, 1.165) is 0 Å². The fourth-order valence-corrected chi connectivity index (χ4v) is 2.72. The first kappa shape index (κ1) is 22.3. The number of hydrogen-bond donors (Lipinski definition) is 2. The molecule has 0 bridgehead atoms. The third kappa shape index (κ3) is 7.49. The number of carbonyl (C=O) groups excluding carboxylic acids is 3. The summed E-state index contributed by atoms with van der Waals surface area (Å²) in [6, 6.07) is 8.32. The van der Waals surface area contributed by atoms with Gasteiger partial charge in [-0.1, -0.05) is 5.16 Å². The molecule has 9 nitrogen and oxygen atoms in total. The SMILES string of the molecule is Cc1cc(NC(=O)C(C)SCC(=O)Nc2ccc(OCC(=O)N(C)C)cc2)no1. The smallest absolute Gasteiger partial charge is 0.259 e. The molecule has 0 aliphatic carbocycles. The second-order valence-corrected chi connectivity index (χ2v) is 7.74. The molecule has 1 aromatic heterocycles. The normalized spacial score (nSPS) is 11.4. The van der Waals surface area contributed by atoms with Crippen molar-refractivity contribution in [3.05, 3.63) is 36.1 Å². The first-order valence-corrected chi connectivity index (χ1v) is 9.88. The Morgan fingerprint density at radius 3 is 2.48 bits per heavy atom. The van der Waals surface area contributed by atoms with Gasteiger partial charge in [-0.05, 0) is 38.1 Å². The molecule has 1 atom stereocenters. The Morgan fingerprint density at radius 2 is 1.90 bits per heavy atom. The summed E-state index contributed by atoms with van der Waals surface area (Å²) in [5, 5.41) is 8.64. The van der Waals surface area contributed by atoms with Crippen LogP contribution < -0.4 is 15.4 Å². The Kier molecular flexibility index (Phi) is 8.08. The molecule has 1 aromatic carbocycles. The number of amides is 3. The van der Waals surface area contributed by atoms with Crippen LogP contribution in [0.1, 0.15) is 12.7 Å². The molecule has 0 fully saturated rings. The molecule has 2 aromatic rings. The van der Waals surface area contributed by atoms with Gasteiger partial charge in [0.1, 0.15) is 11.5 Å². The quantitative estimate of drug-likeness (QED) is 0.639. The van der Waals surface area contributed by atoms with Crippen LogP contribution in [0.15, 0.2) is 34.9 Å². The lowest BCUT2D eigenvalue weighted by atomic mass is 10.3. The summed E-state index contributed by atoms with van der Waals surface area (Å²) in [7, 11) is 3.31. The van der Waals surface area contributed by atoms with Crippen LogP contribution in [0.3, 0.4) is 0 Å². The summed E-state index contributed by atoms with van der Waals surface area (Å²) in [6.45, 7) is 3.39. The Hall–Kier alpha value is -3.01. The molecule has 2 rings (SSSR count). The number of likely N-dealkylation sites (N-methyl/N-ethyl adjacent to an activating group) is 1. The van der Waals surface area contributed by atoms with Gasteiger partial charge in [-0.2, -0.15) is 0 Å². The number of nitrogens with one attached hydrogen (secondary N) is 2. The average Bonchev–Trinajstić information content (AvgIpc) is 3.09. The lowest BCUT2D eigenvalue weighted by Crippen LogP contribution is -2.27. The highest BCUT2D eigenvalue weighted by Crippen LogP contribution is 2.18. The number of ether oxygens (including phenoxy) is 1. The van der Waals surface area contributed by atoms with Gasteiger partial charge in [0.15, 0.2) is 12.4 Å². The molecular formula is C19H24N4O5S. The third-order valence-corrected chi connectivity index (χ3v) is 4.86. The zero-order valence-corrected chi connectivity index (χ0v) is 17.5. The summed E-state index contributed by atoms with van der Waals surface area (Å²) in [5.74, 6) is 0.951. The van der Waals surface area contributed by atoms with E-state index in [2.05, 4.69) is 15.8 Å². The second-order valence-electron chi connectivity index (χ2n) is 6.41. The van der Waals surface area contributed by atoms with Gasteiger partial charge >= 0.3 is 0 Å². The molecule has 3 amide bonds. The summed E-state index contributed by atoms with van der Waals surface area (Å²) < 4.78 is 10.3. The van der Waals surface area contributed by atoms with E-state index >= 15 is 0 Å². The van der Waals surface area contributed by atoms with E-state index in [1.165, 1.54) is 16.7 Å². The number of benzene rings is 1. The van der Waals surface area contributed by atoms with E-state index in [1.54, 1.807) is 58.3 Å². The van der Waals surface area contributed by atoms with Crippen LogP contribution in [0.4, 0.5) is 11.5 Å². The number of rotatable bonds is 9. The van der Waals surface area contributed by atoms with E-state index in [4.69, 9.17) is 9.26 Å². The summed E-state index contributed by atoms with van der Waals surface area (Å²) in [5.41, 5.74) is 0.595. The van der Waals surface area contributed by atoms with Gasteiger partial charge in [0.05, 0.1) is 11.0 Å². The molecule has 0 aliphatic heterocycles. The summed E-state index contributed by atoms with van der Waals surface area (Å²) >= 11 is 1.21. The number of hydrogen-bond acceptors (Lipinski definition) is 7. The zero-order valence-electron chi connectivity index (χ0n) is 16.7. The van der Waals surface area contributed by atoms with E-state index in [-0.39, 0.29) is 30.1 Å². The zero-order chi connectivity index (χ0) is 21.4. The number of aromatic nitrogens is 1. The van der Waals surface area contributed by atoms with Gasteiger partial charge < -0.3 is 24.8 Å². The van der Waals surface area contributed by atoms with Crippen LogP contribution in [-0.4, -0.2) is 59.5 Å². The van der Waals surface area contributed by atoms with Crippen molar-refractivity contribution >= 4 is 41.0 Å². The van der Waals surface area contributed by atoms with Crippen LogP contribution in [0.2, 0.25) is 0 Å². The van der Waals surface area contributed by atoms with Crippen molar-refractivity contribution in [3.63, 3.8) is 0 Å². The summed E-state index contributed by atoms with van der Waals surface area (Å²) in [4.78, 5) is 37.2. The molecular weight excluding hydrogens is 396 g/mol. The Labute approximate surface area is 173 Å². The minimum absolute atomic E-state index is 0.0524. The van der Waals surface area contributed by atoms with E-state index in [9.17, 15) is 14.4 Å².